The first-order chi connectivity index (χ1) is 25.1. The van der Waals surface area contributed by atoms with Crippen molar-refractivity contribution in [3.63, 3.8) is 0 Å². The molecular formula is C40H52KN6O6-. The Balaban J connectivity index is 0.000000246. The van der Waals surface area contributed by atoms with Gasteiger partial charge in [-0.25, -0.2) is 0 Å². The van der Waals surface area contributed by atoms with E-state index in [4.69, 9.17) is 1.37 Å². The van der Waals surface area contributed by atoms with Crippen molar-refractivity contribution >= 4 is 41.1 Å². The molecule has 4 atom stereocenters. The molecule has 3 aliphatic heterocycles. The van der Waals surface area contributed by atoms with Gasteiger partial charge in [0, 0.05) is 32.3 Å². The topological polar surface area (TPSA) is 151 Å². The van der Waals surface area contributed by atoms with Crippen LogP contribution in [0.2, 0.25) is 0 Å². The quantitative estimate of drug-likeness (QED) is 0.107. The first kappa shape index (κ1) is 44.0. The van der Waals surface area contributed by atoms with Gasteiger partial charge in [-0.3, -0.25) is 48.7 Å². The number of carbonyl (C=O) groups is 6. The van der Waals surface area contributed by atoms with Crippen molar-refractivity contribution in [3.8, 4) is 0 Å². The Bertz CT molecular complexity index is 1620. The summed E-state index contributed by atoms with van der Waals surface area (Å²) in [5, 5.41) is 7.51. The van der Waals surface area contributed by atoms with Crippen molar-refractivity contribution in [3.05, 3.63) is 83.3 Å². The number of allylic oxidation sites excluding steroid dienone is 2. The van der Waals surface area contributed by atoms with Crippen LogP contribution < -0.4 is 51.4 Å². The summed E-state index contributed by atoms with van der Waals surface area (Å²) in [4.78, 5) is 73.7. The molecule has 12 nitrogen and oxygen atoms in total. The normalized spacial score (nSPS) is 22.2. The van der Waals surface area contributed by atoms with Crippen molar-refractivity contribution in [2.75, 3.05) is 0 Å². The Labute approximate surface area is 358 Å². The minimum absolute atomic E-state index is 0. The van der Waals surface area contributed by atoms with Crippen LogP contribution in [0.15, 0.2) is 71.0 Å². The van der Waals surface area contributed by atoms with Crippen LogP contribution in [0.25, 0.3) is 5.43 Å². The van der Waals surface area contributed by atoms with Crippen LogP contribution in [0, 0.1) is 29.7 Å². The fourth-order valence-corrected chi connectivity index (χ4v) is 6.90. The van der Waals surface area contributed by atoms with Gasteiger partial charge in [0.25, 0.3) is 11.8 Å². The van der Waals surface area contributed by atoms with Gasteiger partial charge in [0.1, 0.15) is 0 Å². The van der Waals surface area contributed by atoms with Crippen LogP contribution in [0.1, 0.15) is 104 Å². The van der Waals surface area contributed by atoms with Gasteiger partial charge in [-0.1, -0.05) is 45.5 Å². The summed E-state index contributed by atoms with van der Waals surface area (Å²) in [5.74, 6) is 0.320. The molecule has 1 saturated carbocycles. The number of nitrogens with zero attached hydrogens (tertiary/aromatic N) is 6. The minimum atomic E-state index is -0.180. The molecule has 0 radical (unpaired) electrons. The number of amides is 6. The number of imide groups is 3. The van der Waals surface area contributed by atoms with E-state index in [1.165, 1.54) is 22.1 Å². The molecule has 5 aliphatic rings. The molecule has 2 saturated heterocycles. The van der Waals surface area contributed by atoms with Crippen LogP contribution in [0.4, 0.5) is 5.69 Å². The third-order valence-corrected chi connectivity index (χ3v) is 9.10. The van der Waals surface area contributed by atoms with E-state index in [1.54, 1.807) is 30.3 Å². The third kappa shape index (κ3) is 10.7. The van der Waals surface area contributed by atoms with Crippen LogP contribution in [0.5, 0.6) is 0 Å². The average Bonchev–Trinajstić information content (AvgIpc) is 3.93. The van der Waals surface area contributed by atoms with Gasteiger partial charge in [-0.05, 0) is 78.0 Å². The third-order valence-electron chi connectivity index (χ3n) is 9.10. The summed E-state index contributed by atoms with van der Waals surface area (Å²) in [6.07, 6.45) is 6.06. The number of carbonyl (C=O) groups excluding carboxylic acids is 6. The van der Waals surface area contributed by atoms with Crippen molar-refractivity contribution in [2.24, 2.45) is 34.0 Å². The predicted octanol–water partition coefficient (Wildman–Crippen LogP) is 4.34. The van der Waals surface area contributed by atoms with Gasteiger partial charge in [0.05, 0.1) is 23.0 Å². The summed E-state index contributed by atoms with van der Waals surface area (Å²) in [6, 6.07) is 17.4. The predicted molar refractivity (Wildman–Crippen MR) is 198 cm³/mol. The molecule has 0 aromatic heterocycles. The smallest absolute Gasteiger partial charge is 0.379 e. The molecule has 0 spiro atoms. The van der Waals surface area contributed by atoms with E-state index < -0.39 is 0 Å². The second kappa shape index (κ2) is 20.4. The average molecular weight is 754 g/mol. The molecule has 7 rings (SSSR count). The van der Waals surface area contributed by atoms with Crippen LogP contribution in [-0.4, -0.2) is 74.3 Å². The van der Waals surface area contributed by atoms with Gasteiger partial charge in [0.15, 0.2) is 0 Å². The van der Waals surface area contributed by atoms with E-state index in [0.29, 0.717) is 41.5 Å². The molecule has 3 heterocycles. The van der Waals surface area contributed by atoms with Crippen molar-refractivity contribution in [2.45, 2.75) is 106 Å². The Hall–Kier alpha value is -3.36. The molecule has 53 heavy (non-hydrogen) atoms. The number of hydrogen-bond donors (Lipinski definition) is 0. The first-order valence-electron chi connectivity index (χ1n) is 18.6. The van der Waals surface area contributed by atoms with E-state index in [0.717, 1.165) is 6.42 Å². The molecule has 2 aromatic rings. The summed E-state index contributed by atoms with van der Waals surface area (Å²) < 4.78 is 5.75. The Morgan fingerprint density at radius 3 is 1.53 bits per heavy atom. The SMILES string of the molecule is CC(C)N1C(=O)C2C3C=CC(C3)C2C1=O.CC(C)N1C(=O)CCC1=O.CC(C)N1C(=O)c2ccccc2C1=O.CC(C)[N-]N=Nc1[c-]cccc1.[3H]C.[K+]. The van der Waals surface area contributed by atoms with Gasteiger partial charge < -0.3 is 10.5 Å². The van der Waals surface area contributed by atoms with Crippen LogP contribution in [0.3, 0.4) is 0 Å². The molecule has 280 valence electrons. The van der Waals surface area contributed by atoms with Crippen molar-refractivity contribution < 1.29 is 81.5 Å². The molecule has 2 bridgehead atoms. The van der Waals surface area contributed by atoms with Crippen molar-refractivity contribution in [1.29, 1.82) is 0 Å². The second-order valence-corrected chi connectivity index (χ2v) is 14.2. The maximum absolute atomic E-state index is 12.1. The zero-order valence-corrected chi connectivity index (χ0v) is 35.8. The Morgan fingerprint density at radius 2 is 1.15 bits per heavy atom. The summed E-state index contributed by atoms with van der Waals surface area (Å²) in [6.45, 7) is 15.1. The van der Waals surface area contributed by atoms with Crippen LogP contribution >= 0.6 is 0 Å². The molecule has 2 aliphatic carbocycles. The van der Waals surface area contributed by atoms with Gasteiger partial charge >= 0.3 is 51.4 Å². The zero-order valence-electron chi connectivity index (χ0n) is 33.6. The van der Waals surface area contributed by atoms with E-state index in [2.05, 4.69) is 34.0 Å². The summed E-state index contributed by atoms with van der Waals surface area (Å²) in [7, 11) is 1.25. The molecular weight excluding hydrogens is 700 g/mol. The maximum atomic E-state index is 12.1. The van der Waals surface area contributed by atoms with E-state index in [-0.39, 0.29) is 123 Å². The van der Waals surface area contributed by atoms with Gasteiger partial charge in [-0.2, -0.15) is 30.3 Å². The number of likely N-dealkylation sites (tertiary alicyclic amines) is 2. The van der Waals surface area contributed by atoms with Gasteiger partial charge in [0.2, 0.25) is 23.6 Å². The van der Waals surface area contributed by atoms with E-state index >= 15 is 0 Å². The molecule has 4 unspecified atom stereocenters. The van der Waals surface area contributed by atoms with E-state index in [9.17, 15) is 28.8 Å². The largest absolute Gasteiger partial charge is 1.00 e. The molecule has 2 aromatic carbocycles. The standard InChI is InChI=1S/C12H15NO2.C11H11NO2.C9H11N3.C7H11NO2.CH4.K/c1-6(2)13-11(14)9-7-3-4-8(5-7)10(9)12(13)15;1-7(2)12-10(13)8-5-3-4-6-9(8)11(12)14;1-8(2)10-12-11-9-6-4-3-5-7-9;1-5(2)8-6(9)3-4-7(8)10;;/h3-4,6-10H,5H2,1-2H3;3-7H,1-2H3;3-6,8H,1-2H3;5H,3-4H2,1-2H3;1H4;/q;;-2;;;+1/i;;;;1T;. The molecule has 3 fully saturated rings. The van der Waals surface area contributed by atoms with Gasteiger partial charge in [-0.15, -0.1) is 5.69 Å². The molecule has 0 N–H and O–H groups in total. The minimum Gasteiger partial charge on any atom is -0.379 e. The number of fused-ring (bicyclic) bond motifs is 6. The fourth-order valence-electron chi connectivity index (χ4n) is 6.90. The maximum Gasteiger partial charge on any atom is 1.00 e. The summed E-state index contributed by atoms with van der Waals surface area (Å²) >= 11 is 0. The Morgan fingerprint density at radius 1 is 0.698 bits per heavy atom. The molecule has 6 amide bonds. The summed E-state index contributed by atoms with van der Waals surface area (Å²) in [5.41, 5.74) is 5.61. The first-order valence-corrected chi connectivity index (χ1v) is 17.6. The zero-order chi connectivity index (χ0) is 39.6. The fraction of sp³-hybridized carbons (Fsp3) is 0.500. The number of hydrogen-bond acceptors (Lipinski definition) is 8. The van der Waals surface area contributed by atoms with Crippen LogP contribution in [-0.2, 0) is 19.2 Å². The number of benzene rings is 2. The Kier molecular flexibility index (Phi) is 16.9. The number of rotatable bonds is 6. The van der Waals surface area contributed by atoms with E-state index in [1.807, 2.05) is 73.6 Å². The molecule has 13 heteroatoms. The second-order valence-electron chi connectivity index (χ2n) is 14.2. The van der Waals surface area contributed by atoms with Crippen molar-refractivity contribution in [1.82, 2.24) is 14.7 Å². The monoisotopic (exact) mass is 753 g/mol.